The predicted molar refractivity (Wildman–Crippen MR) is 125 cm³/mol. The van der Waals surface area contributed by atoms with E-state index in [4.69, 9.17) is 9.47 Å². The summed E-state index contributed by atoms with van der Waals surface area (Å²) in [4.78, 5) is 26.7. The first-order valence-electron chi connectivity index (χ1n) is 11.0. The molecule has 1 aromatic carbocycles. The number of nitrogens with one attached hydrogen (secondary N) is 1. The lowest BCUT2D eigenvalue weighted by molar-refractivity contribution is -0.155. The van der Waals surface area contributed by atoms with Crippen molar-refractivity contribution in [3.8, 4) is 0 Å². The third kappa shape index (κ3) is 10.3. The van der Waals surface area contributed by atoms with Gasteiger partial charge in [-0.25, -0.2) is 4.79 Å². The summed E-state index contributed by atoms with van der Waals surface area (Å²) in [7, 11) is 0. The van der Waals surface area contributed by atoms with Gasteiger partial charge in [0.1, 0.15) is 11.2 Å². The van der Waals surface area contributed by atoms with Crippen LogP contribution in [0.25, 0.3) is 0 Å². The lowest BCUT2D eigenvalue weighted by Gasteiger charge is -2.27. The van der Waals surface area contributed by atoms with E-state index in [9.17, 15) is 19.8 Å². The lowest BCUT2D eigenvalue weighted by atomic mass is 9.91. The molecule has 0 aliphatic carbocycles. The minimum absolute atomic E-state index is 0.0508. The first kappa shape index (κ1) is 27.7. The van der Waals surface area contributed by atoms with Gasteiger partial charge in [-0.05, 0) is 71.7 Å². The fourth-order valence-electron chi connectivity index (χ4n) is 3.27. The third-order valence-corrected chi connectivity index (χ3v) is 4.53. The van der Waals surface area contributed by atoms with Gasteiger partial charge < -0.3 is 29.9 Å². The second-order valence-corrected chi connectivity index (χ2v) is 9.85. The van der Waals surface area contributed by atoms with Crippen molar-refractivity contribution in [2.24, 2.45) is 0 Å². The van der Waals surface area contributed by atoms with E-state index >= 15 is 0 Å². The minimum atomic E-state index is -0.629. The number of esters is 1. The van der Waals surface area contributed by atoms with Crippen LogP contribution >= 0.6 is 0 Å². The molecule has 1 atom stereocenters. The van der Waals surface area contributed by atoms with Gasteiger partial charge in [-0.3, -0.25) is 4.79 Å². The van der Waals surface area contributed by atoms with Crippen molar-refractivity contribution in [2.75, 3.05) is 37.7 Å². The Morgan fingerprint density at radius 1 is 1.00 bits per heavy atom. The average Bonchev–Trinajstić information content (AvgIpc) is 2.62. The van der Waals surface area contributed by atoms with Crippen LogP contribution in [0.4, 0.5) is 10.5 Å². The molecule has 8 nitrogen and oxygen atoms in total. The summed E-state index contributed by atoms with van der Waals surface area (Å²) in [5, 5.41) is 21.5. The number of aliphatic hydroxyl groups is 2. The molecule has 8 heteroatoms. The van der Waals surface area contributed by atoms with E-state index in [1.165, 1.54) is 0 Å². The van der Waals surface area contributed by atoms with Crippen LogP contribution in [0.2, 0.25) is 0 Å². The number of aliphatic hydroxyl groups excluding tert-OH is 2. The maximum Gasteiger partial charge on any atom is 0.407 e. The summed E-state index contributed by atoms with van der Waals surface area (Å²) in [6.45, 7) is 13.6. The number of hydrogen-bond donors (Lipinski definition) is 3. The Morgan fingerprint density at radius 2 is 1.56 bits per heavy atom. The molecule has 0 aliphatic heterocycles. The zero-order chi connectivity index (χ0) is 24.5. The van der Waals surface area contributed by atoms with Gasteiger partial charge >= 0.3 is 12.1 Å². The zero-order valence-electron chi connectivity index (χ0n) is 20.5. The van der Waals surface area contributed by atoms with Crippen molar-refractivity contribution in [3.63, 3.8) is 0 Å². The van der Waals surface area contributed by atoms with Crippen LogP contribution in [0.5, 0.6) is 0 Å². The number of ether oxygens (including phenoxy) is 2. The predicted octanol–water partition coefficient (Wildman–Crippen LogP) is 3.13. The normalized spacial score (nSPS) is 12.8. The molecule has 0 saturated heterocycles. The molecule has 182 valence electrons. The van der Waals surface area contributed by atoms with Crippen molar-refractivity contribution >= 4 is 17.7 Å². The van der Waals surface area contributed by atoms with E-state index in [0.717, 1.165) is 16.8 Å². The van der Waals surface area contributed by atoms with Gasteiger partial charge in [0.25, 0.3) is 0 Å². The maximum atomic E-state index is 12.6. The van der Waals surface area contributed by atoms with Crippen molar-refractivity contribution in [1.29, 1.82) is 0 Å². The quantitative estimate of drug-likeness (QED) is 0.468. The molecular formula is C24H40N2O6. The number of aryl methyl sites for hydroxylation is 1. The van der Waals surface area contributed by atoms with Gasteiger partial charge in [0, 0.05) is 31.2 Å². The van der Waals surface area contributed by atoms with Gasteiger partial charge in [-0.15, -0.1) is 0 Å². The van der Waals surface area contributed by atoms with Gasteiger partial charge in [0.2, 0.25) is 0 Å². The standard InChI is InChI=1S/C24H40N2O6/c1-17-8-9-19(26(10-12-27)11-13-28)15-20(17)18(14-21(29)31-23(2,3)4)16-25-22(30)32-24(5,6)7/h8-9,15,18,27-28H,10-14,16H2,1-7H3,(H,25,30). The van der Waals surface area contributed by atoms with Gasteiger partial charge in [0.05, 0.1) is 19.6 Å². The zero-order valence-corrected chi connectivity index (χ0v) is 20.5. The van der Waals surface area contributed by atoms with Crippen molar-refractivity contribution in [1.82, 2.24) is 5.32 Å². The van der Waals surface area contributed by atoms with Crippen molar-refractivity contribution < 1.29 is 29.3 Å². The second-order valence-electron chi connectivity index (χ2n) is 9.85. The highest BCUT2D eigenvalue weighted by molar-refractivity contribution is 5.72. The number of carbonyl (C=O) groups excluding carboxylic acids is 2. The summed E-state index contributed by atoms with van der Waals surface area (Å²) in [5.74, 6) is -0.705. The molecular weight excluding hydrogens is 412 g/mol. The Hall–Kier alpha value is -2.32. The topological polar surface area (TPSA) is 108 Å². The number of anilines is 1. The smallest absolute Gasteiger partial charge is 0.407 e. The molecule has 0 fully saturated rings. The number of benzene rings is 1. The maximum absolute atomic E-state index is 12.6. The van der Waals surface area contributed by atoms with E-state index in [-0.39, 0.29) is 38.1 Å². The Kier molecular flexibility index (Phi) is 10.4. The highest BCUT2D eigenvalue weighted by atomic mass is 16.6. The molecule has 1 aromatic rings. The SMILES string of the molecule is Cc1ccc(N(CCO)CCO)cc1C(CNC(=O)OC(C)(C)C)CC(=O)OC(C)(C)C. The van der Waals surface area contributed by atoms with E-state index in [0.29, 0.717) is 13.1 Å². The summed E-state index contributed by atoms with van der Waals surface area (Å²) in [6.07, 6.45) is -0.472. The number of hydrogen-bond acceptors (Lipinski definition) is 7. The first-order chi connectivity index (χ1) is 14.8. The van der Waals surface area contributed by atoms with Gasteiger partial charge in [-0.2, -0.15) is 0 Å². The summed E-state index contributed by atoms with van der Waals surface area (Å²) in [6, 6.07) is 5.78. The van der Waals surface area contributed by atoms with E-state index in [1.54, 1.807) is 20.8 Å². The van der Waals surface area contributed by atoms with Crippen LogP contribution in [0.15, 0.2) is 18.2 Å². The Balaban J connectivity index is 3.19. The molecule has 0 spiro atoms. The Bertz CT molecular complexity index is 746. The molecule has 3 N–H and O–H groups in total. The van der Waals surface area contributed by atoms with Crippen LogP contribution in [-0.4, -0.2) is 66.3 Å². The molecule has 1 rings (SSSR count). The molecule has 0 radical (unpaired) electrons. The minimum Gasteiger partial charge on any atom is -0.460 e. The first-order valence-corrected chi connectivity index (χ1v) is 11.0. The molecule has 1 amide bonds. The summed E-state index contributed by atoms with van der Waals surface area (Å²) < 4.78 is 10.8. The van der Waals surface area contributed by atoms with Crippen LogP contribution in [0.3, 0.4) is 0 Å². The van der Waals surface area contributed by atoms with E-state index < -0.39 is 17.3 Å². The van der Waals surface area contributed by atoms with E-state index in [2.05, 4.69) is 5.32 Å². The lowest BCUT2D eigenvalue weighted by Crippen LogP contribution is -2.36. The molecule has 32 heavy (non-hydrogen) atoms. The number of rotatable bonds is 10. The second kappa shape index (κ2) is 12.1. The number of alkyl carbamates (subject to hydrolysis) is 1. The largest absolute Gasteiger partial charge is 0.460 e. The molecule has 0 saturated carbocycles. The Morgan fingerprint density at radius 3 is 2.06 bits per heavy atom. The average molecular weight is 453 g/mol. The van der Waals surface area contributed by atoms with Crippen molar-refractivity contribution in [3.05, 3.63) is 29.3 Å². The van der Waals surface area contributed by atoms with Crippen LogP contribution < -0.4 is 10.2 Å². The highest BCUT2D eigenvalue weighted by Gasteiger charge is 2.25. The third-order valence-electron chi connectivity index (χ3n) is 4.53. The van der Waals surface area contributed by atoms with Crippen molar-refractivity contribution in [2.45, 2.75) is 72.0 Å². The monoisotopic (exact) mass is 452 g/mol. The summed E-state index contributed by atoms with van der Waals surface area (Å²) >= 11 is 0. The van der Waals surface area contributed by atoms with Crippen LogP contribution in [0, 0.1) is 6.92 Å². The van der Waals surface area contributed by atoms with E-state index in [1.807, 2.05) is 50.8 Å². The molecule has 0 bridgehead atoms. The molecule has 0 aromatic heterocycles. The Labute approximate surface area is 191 Å². The number of amides is 1. The molecule has 0 heterocycles. The molecule has 1 unspecified atom stereocenters. The summed E-state index contributed by atoms with van der Waals surface area (Å²) in [5.41, 5.74) is 1.41. The molecule has 0 aliphatic rings. The van der Waals surface area contributed by atoms with Crippen LogP contribution in [-0.2, 0) is 14.3 Å². The van der Waals surface area contributed by atoms with Gasteiger partial charge in [0.15, 0.2) is 0 Å². The fraction of sp³-hybridized carbons (Fsp3) is 0.667. The number of nitrogens with zero attached hydrogens (tertiary/aromatic N) is 1. The van der Waals surface area contributed by atoms with Gasteiger partial charge in [-0.1, -0.05) is 6.07 Å². The number of carbonyl (C=O) groups is 2. The highest BCUT2D eigenvalue weighted by Crippen LogP contribution is 2.29. The van der Waals surface area contributed by atoms with Crippen LogP contribution in [0.1, 0.15) is 65.0 Å². The fourth-order valence-corrected chi connectivity index (χ4v) is 3.27.